The van der Waals surface area contributed by atoms with Gasteiger partial charge in [0.1, 0.15) is 0 Å². The summed E-state index contributed by atoms with van der Waals surface area (Å²) in [4.78, 5) is 0. The summed E-state index contributed by atoms with van der Waals surface area (Å²) in [5.41, 5.74) is 0. The van der Waals surface area contributed by atoms with Crippen molar-refractivity contribution in [2.75, 3.05) is 0 Å². The van der Waals surface area contributed by atoms with Crippen molar-refractivity contribution in [2.45, 2.75) is 110 Å². The van der Waals surface area contributed by atoms with Crippen molar-refractivity contribution in [2.24, 2.45) is 11.8 Å². The van der Waals surface area contributed by atoms with Crippen molar-refractivity contribution in [3.63, 3.8) is 0 Å². The average Bonchev–Trinajstić information content (AvgIpc) is 2.89. The van der Waals surface area contributed by atoms with Crippen molar-refractivity contribution >= 4 is 0 Å². The molecule has 0 heterocycles. The predicted molar refractivity (Wildman–Crippen MR) is 87.6 cm³/mol. The SMILES string of the molecule is C1CCC2CCCC2C1.C1CCCCCCC1.CC. The van der Waals surface area contributed by atoms with Gasteiger partial charge in [0, 0.05) is 0 Å². The first-order chi connectivity index (χ1) is 9.47. The largest absolute Gasteiger partial charge is 0.0683 e. The average molecular weight is 267 g/mol. The van der Waals surface area contributed by atoms with E-state index in [9.17, 15) is 0 Å². The van der Waals surface area contributed by atoms with Gasteiger partial charge in [-0.15, -0.1) is 0 Å². The molecule has 0 aromatic carbocycles. The van der Waals surface area contributed by atoms with E-state index in [1.54, 1.807) is 25.7 Å². The van der Waals surface area contributed by atoms with Crippen LogP contribution < -0.4 is 0 Å². The first-order valence-corrected chi connectivity index (χ1v) is 9.47. The van der Waals surface area contributed by atoms with Crippen LogP contribution in [0.3, 0.4) is 0 Å². The molecule has 0 nitrogen and oxygen atoms in total. The van der Waals surface area contributed by atoms with Gasteiger partial charge in [-0.05, 0) is 11.8 Å². The molecule has 3 aliphatic rings. The van der Waals surface area contributed by atoms with E-state index in [1.165, 1.54) is 82.5 Å². The van der Waals surface area contributed by atoms with Crippen LogP contribution in [-0.4, -0.2) is 0 Å². The van der Waals surface area contributed by atoms with Crippen LogP contribution in [0.4, 0.5) is 0 Å². The Labute approximate surface area is 122 Å². The molecular weight excluding hydrogens is 228 g/mol. The highest BCUT2D eigenvalue weighted by Gasteiger charge is 2.28. The van der Waals surface area contributed by atoms with Crippen molar-refractivity contribution in [1.29, 1.82) is 0 Å². The van der Waals surface area contributed by atoms with E-state index < -0.39 is 0 Å². The zero-order chi connectivity index (χ0) is 13.8. The minimum Gasteiger partial charge on any atom is -0.0683 e. The van der Waals surface area contributed by atoms with Gasteiger partial charge in [-0.25, -0.2) is 0 Å². The first kappa shape index (κ1) is 17.1. The quantitative estimate of drug-likeness (QED) is 0.437. The predicted octanol–water partition coefficient (Wildman–Crippen LogP) is 7.12. The van der Waals surface area contributed by atoms with Gasteiger partial charge in [0.2, 0.25) is 0 Å². The Hall–Kier alpha value is 0. The summed E-state index contributed by atoms with van der Waals surface area (Å²) in [5, 5.41) is 0. The molecule has 0 heteroatoms. The Morgan fingerprint density at radius 3 is 0.947 bits per heavy atom. The Morgan fingerprint density at radius 1 is 0.368 bits per heavy atom. The van der Waals surface area contributed by atoms with Gasteiger partial charge in [-0.3, -0.25) is 0 Å². The van der Waals surface area contributed by atoms with Crippen molar-refractivity contribution < 1.29 is 0 Å². The summed E-state index contributed by atoms with van der Waals surface area (Å²) < 4.78 is 0. The van der Waals surface area contributed by atoms with Crippen LogP contribution in [0.15, 0.2) is 0 Å². The summed E-state index contributed by atoms with van der Waals surface area (Å²) in [5.74, 6) is 2.33. The van der Waals surface area contributed by atoms with Crippen LogP contribution in [0.2, 0.25) is 0 Å². The van der Waals surface area contributed by atoms with Crippen LogP contribution in [0, 0.1) is 11.8 Å². The molecule has 2 unspecified atom stereocenters. The zero-order valence-electron chi connectivity index (χ0n) is 13.8. The van der Waals surface area contributed by atoms with Crippen molar-refractivity contribution in [3.05, 3.63) is 0 Å². The molecule has 0 aromatic rings. The molecule has 3 fully saturated rings. The third kappa shape index (κ3) is 7.37. The highest BCUT2D eigenvalue weighted by Crippen LogP contribution is 2.41. The van der Waals surface area contributed by atoms with E-state index in [2.05, 4.69) is 0 Å². The molecule has 0 radical (unpaired) electrons. The van der Waals surface area contributed by atoms with Crippen molar-refractivity contribution in [1.82, 2.24) is 0 Å². The summed E-state index contributed by atoms with van der Waals surface area (Å²) in [6.45, 7) is 4.00. The molecule has 114 valence electrons. The molecule has 0 amide bonds. The van der Waals surface area contributed by atoms with Crippen molar-refractivity contribution in [3.8, 4) is 0 Å². The van der Waals surface area contributed by atoms with E-state index >= 15 is 0 Å². The second kappa shape index (κ2) is 11.8. The highest BCUT2D eigenvalue weighted by molar-refractivity contribution is 4.80. The van der Waals surface area contributed by atoms with E-state index in [1.807, 2.05) is 13.8 Å². The second-order valence-corrected chi connectivity index (χ2v) is 6.56. The Kier molecular flexibility index (Phi) is 10.6. The van der Waals surface area contributed by atoms with Gasteiger partial charge in [0.05, 0.1) is 0 Å². The maximum absolute atomic E-state index is 2.00. The monoisotopic (exact) mass is 266 g/mol. The van der Waals surface area contributed by atoms with E-state index in [-0.39, 0.29) is 0 Å². The molecule has 2 atom stereocenters. The highest BCUT2D eigenvalue weighted by atomic mass is 14.3. The lowest BCUT2D eigenvalue weighted by Gasteiger charge is -2.24. The van der Waals surface area contributed by atoms with E-state index in [4.69, 9.17) is 0 Å². The van der Waals surface area contributed by atoms with Crippen LogP contribution in [0.5, 0.6) is 0 Å². The molecule has 3 rings (SSSR count). The fourth-order valence-corrected chi connectivity index (χ4v) is 4.10. The van der Waals surface area contributed by atoms with Gasteiger partial charge in [-0.1, -0.05) is 110 Å². The van der Waals surface area contributed by atoms with Crippen LogP contribution in [0.25, 0.3) is 0 Å². The molecule has 3 saturated carbocycles. The number of fused-ring (bicyclic) bond motifs is 1. The topological polar surface area (TPSA) is 0 Å². The Bertz CT molecular complexity index is 148. The molecule has 0 saturated heterocycles. The number of rotatable bonds is 0. The normalized spacial score (nSPS) is 30.6. The lowest BCUT2D eigenvalue weighted by molar-refractivity contribution is 0.277. The lowest BCUT2D eigenvalue weighted by Crippen LogP contribution is -2.12. The molecule has 0 aromatic heterocycles. The maximum atomic E-state index is 2.00. The van der Waals surface area contributed by atoms with E-state index in [0.717, 1.165) is 0 Å². The Balaban J connectivity index is 0.000000170. The summed E-state index contributed by atoms with van der Waals surface area (Å²) in [6, 6.07) is 0. The van der Waals surface area contributed by atoms with Gasteiger partial charge in [0.15, 0.2) is 0 Å². The minimum absolute atomic E-state index is 1.17. The zero-order valence-corrected chi connectivity index (χ0v) is 13.8. The van der Waals surface area contributed by atoms with Crippen LogP contribution >= 0.6 is 0 Å². The molecule has 0 spiro atoms. The third-order valence-corrected chi connectivity index (χ3v) is 5.22. The number of hydrogen-bond acceptors (Lipinski definition) is 0. The molecule has 0 bridgehead atoms. The lowest BCUT2D eigenvalue weighted by atomic mass is 9.82. The van der Waals surface area contributed by atoms with Crippen LogP contribution in [-0.2, 0) is 0 Å². The summed E-state index contributed by atoms with van der Waals surface area (Å²) in [7, 11) is 0. The van der Waals surface area contributed by atoms with Gasteiger partial charge >= 0.3 is 0 Å². The molecule has 0 N–H and O–H groups in total. The second-order valence-electron chi connectivity index (χ2n) is 6.56. The van der Waals surface area contributed by atoms with Gasteiger partial charge < -0.3 is 0 Å². The van der Waals surface area contributed by atoms with Gasteiger partial charge in [0.25, 0.3) is 0 Å². The summed E-state index contributed by atoms with van der Waals surface area (Å²) in [6.07, 6.45) is 22.8. The molecule has 0 aliphatic heterocycles. The standard InChI is InChI=1S/C9H16.C8H16.C2H6/c1-2-5-9-7-3-6-8(9)4-1;1-2-4-6-8-7-5-3-1;1-2/h8-9H,1-7H2;1-8H2;1-2H3. The fourth-order valence-electron chi connectivity index (χ4n) is 4.10. The molecule has 19 heavy (non-hydrogen) atoms. The maximum Gasteiger partial charge on any atom is -0.0386 e. The Morgan fingerprint density at radius 2 is 0.632 bits per heavy atom. The smallest absolute Gasteiger partial charge is 0.0386 e. The number of hydrogen-bond donors (Lipinski definition) is 0. The third-order valence-electron chi connectivity index (χ3n) is 5.22. The fraction of sp³-hybridized carbons (Fsp3) is 1.00. The first-order valence-electron chi connectivity index (χ1n) is 9.47. The molecular formula is C19H38. The minimum atomic E-state index is 1.17. The van der Waals surface area contributed by atoms with Gasteiger partial charge in [-0.2, -0.15) is 0 Å². The van der Waals surface area contributed by atoms with E-state index in [0.29, 0.717) is 0 Å². The molecule has 3 aliphatic carbocycles. The van der Waals surface area contributed by atoms with Crippen LogP contribution in [0.1, 0.15) is 110 Å². The summed E-state index contributed by atoms with van der Waals surface area (Å²) >= 11 is 0.